The topological polar surface area (TPSA) is 105 Å². The van der Waals surface area contributed by atoms with E-state index in [1.807, 2.05) is 0 Å². The highest BCUT2D eigenvalue weighted by molar-refractivity contribution is 7.89. The number of hydrogen-bond donors (Lipinski definition) is 1. The number of hydrazone groups is 1. The van der Waals surface area contributed by atoms with Gasteiger partial charge in [-0.1, -0.05) is 13.8 Å². The van der Waals surface area contributed by atoms with E-state index in [0.717, 1.165) is 22.5 Å². The third kappa shape index (κ3) is 4.64. The van der Waals surface area contributed by atoms with Crippen molar-refractivity contribution in [2.24, 2.45) is 5.10 Å². The lowest BCUT2D eigenvalue weighted by atomic mass is 10.2. The number of sulfonamides is 1. The number of nitrogens with zero attached hydrogens (tertiary/aromatic N) is 3. The monoisotopic (exact) mass is 466 g/mol. The van der Waals surface area contributed by atoms with Crippen LogP contribution in [0.1, 0.15) is 19.4 Å². The Morgan fingerprint density at radius 1 is 1.03 bits per heavy atom. The molecule has 0 spiro atoms. The Labute approximate surface area is 173 Å². The molecule has 0 aliphatic heterocycles. The van der Waals surface area contributed by atoms with Crippen molar-refractivity contribution in [3.63, 3.8) is 0 Å². The second-order valence-corrected chi connectivity index (χ2v) is 7.79. The molecule has 0 heterocycles. The summed E-state index contributed by atoms with van der Waals surface area (Å²) in [6.45, 7) is 3.14. The molecule has 1 N–H and O–H groups in total. The highest BCUT2D eigenvalue weighted by atomic mass is 32.2. The van der Waals surface area contributed by atoms with E-state index < -0.39 is 60.2 Å². The highest BCUT2D eigenvalue weighted by Crippen LogP contribution is 2.29. The summed E-state index contributed by atoms with van der Waals surface area (Å²) in [7, 11) is -4.24. The Morgan fingerprint density at radius 3 is 2.03 bits per heavy atom. The standard InChI is InChI=1S/C17H15F5N4O4S/c1-3-25(4-2)31(29,30)12-7-9(26(27)28)5-6-11(12)24-23-8-10-13(18)15(20)17(22)16(21)14(10)19/h5-8,24H,3-4H2,1-2H3. The maximum atomic E-state index is 13.7. The van der Waals surface area contributed by atoms with Crippen LogP contribution in [0.25, 0.3) is 0 Å². The van der Waals surface area contributed by atoms with Gasteiger partial charge in [-0.3, -0.25) is 15.5 Å². The predicted octanol–water partition coefficient (Wildman–Crippen LogP) is 3.77. The van der Waals surface area contributed by atoms with Crippen molar-refractivity contribution in [3.8, 4) is 0 Å². The number of rotatable bonds is 8. The van der Waals surface area contributed by atoms with Crippen molar-refractivity contribution in [1.29, 1.82) is 0 Å². The van der Waals surface area contributed by atoms with Gasteiger partial charge in [0.05, 0.1) is 22.4 Å². The van der Waals surface area contributed by atoms with Crippen LogP contribution in [0.15, 0.2) is 28.2 Å². The van der Waals surface area contributed by atoms with E-state index in [2.05, 4.69) is 10.5 Å². The summed E-state index contributed by atoms with van der Waals surface area (Å²) >= 11 is 0. The quantitative estimate of drug-likeness (QED) is 0.159. The Bertz CT molecular complexity index is 1120. The van der Waals surface area contributed by atoms with Crippen LogP contribution >= 0.6 is 0 Å². The summed E-state index contributed by atoms with van der Waals surface area (Å²) in [5.74, 6) is -11.0. The van der Waals surface area contributed by atoms with Gasteiger partial charge in [0.1, 0.15) is 4.90 Å². The van der Waals surface area contributed by atoms with Gasteiger partial charge in [0.15, 0.2) is 23.3 Å². The van der Waals surface area contributed by atoms with E-state index >= 15 is 0 Å². The molecule has 0 radical (unpaired) electrons. The van der Waals surface area contributed by atoms with Gasteiger partial charge in [0.2, 0.25) is 15.8 Å². The molecule has 0 atom stereocenters. The van der Waals surface area contributed by atoms with Crippen LogP contribution in [0.5, 0.6) is 0 Å². The first-order valence-corrected chi connectivity index (χ1v) is 10.00. The van der Waals surface area contributed by atoms with Crippen LogP contribution in [0.2, 0.25) is 0 Å². The number of hydrogen-bond acceptors (Lipinski definition) is 6. The maximum Gasteiger partial charge on any atom is 0.270 e. The van der Waals surface area contributed by atoms with E-state index in [1.54, 1.807) is 0 Å². The zero-order valence-corrected chi connectivity index (χ0v) is 16.8. The number of nitro groups is 1. The Balaban J connectivity index is 2.53. The molecule has 2 aromatic rings. The van der Waals surface area contributed by atoms with Gasteiger partial charge in [-0.15, -0.1) is 0 Å². The summed E-state index contributed by atoms with van der Waals surface area (Å²) in [4.78, 5) is 9.63. The average molecular weight is 466 g/mol. The number of anilines is 1. The number of non-ortho nitro benzene ring substituents is 1. The minimum Gasteiger partial charge on any atom is -0.277 e. The lowest BCUT2D eigenvalue weighted by Crippen LogP contribution is -2.31. The molecule has 31 heavy (non-hydrogen) atoms. The third-order valence-electron chi connectivity index (χ3n) is 4.12. The predicted molar refractivity (Wildman–Crippen MR) is 101 cm³/mol. The Hall–Kier alpha value is -3.13. The van der Waals surface area contributed by atoms with E-state index in [4.69, 9.17) is 0 Å². The molecule has 14 heteroatoms. The minimum atomic E-state index is -4.24. The molecule has 0 fully saturated rings. The molecule has 0 saturated carbocycles. The van der Waals surface area contributed by atoms with Crippen molar-refractivity contribution in [2.45, 2.75) is 18.7 Å². The number of halogens is 5. The van der Waals surface area contributed by atoms with Crippen molar-refractivity contribution in [3.05, 3.63) is 63.0 Å². The average Bonchev–Trinajstić information content (AvgIpc) is 2.73. The zero-order chi connectivity index (χ0) is 23.5. The van der Waals surface area contributed by atoms with Gasteiger partial charge < -0.3 is 0 Å². The molecule has 0 bridgehead atoms. The normalized spacial score (nSPS) is 12.0. The summed E-state index contributed by atoms with van der Waals surface area (Å²) in [5, 5.41) is 14.4. The van der Waals surface area contributed by atoms with Crippen LogP contribution in [0, 0.1) is 39.2 Å². The minimum absolute atomic E-state index is 0.0365. The van der Waals surface area contributed by atoms with Gasteiger partial charge in [0.25, 0.3) is 5.69 Å². The lowest BCUT2D eigenvalue weighted by molar-refractivity contribution is -0.385. The second-order valence-electron chi connectivity index (χ2n) is 5.88. The fourth-order valence-corrected chi connectivity index (χ4v) is 4.15. The third-order valence-corrected chi connectivity index (χ3v) is 6.21. The SMILES string of the molecule is CCN(CC)S(=O)(=O)c1cc([N+](=O)[O-])ccc1NN=Cc1c(F)c(F)c(F)c(F)c1F. The molecular weight excluding hydrogens is 451 g/mol. The van der Waals surface area contributed by atoms with Gasteiger partial charge in [-0.05, 0) is 6.07 Å². The molecule has 0 saturated heterocycles. The molecule has 0 aliphatic carbocycles. The highest BCUT2D eigenvalue weighted by Gasteiger charge is 2.28. The molecule has 168 valence electrons. The molecule has 0 aromatic heterocycles. The molecule has 8 nitrogen and oxygen atoms in total. The zero-order valence-electron chi connectivity index (χ0n) is 16.0. The summed E-state index contributed by atoms with van der Waals surface area (Å²) in [6.07, 6.45) is 0.269. The lowest BCUT2D eigenvalue weighted by Gasteiger charge is -2.20. The molecule has 0 amide bonds. The van der Waals surface area contributed by atoms with Gasteiger partial charge in [-0.2, -0.15) is 9.41 Å². The second kappa shape index (κ2) is 9.34. The molecule has 2 aromatic carbocycles. The molecule has 0 unspecified atom stereocenters. The van der Waals surface area contributed by atoms with Crippen LogP contribution in [0.4, 0.5) is 33.3 Å². The fourth-order valence-electron chi connectivity index (χ4n) is 2.53. The molecular formula is C17H15F5N4O4S. The van der Waals surface area contributed by atoms with Crippen LogP contribution in [0.3, 0.4) is 0 Å². The van der Waals surface area contributed by atoms with Crippen LogP contribution in [-0.4, -0.2) is 37.0 Å². The number of nitrogens with one attached hydrogen (secondary N) is 1. The number of nitro benzene ring substituents is 1. The molecule has 2 rings (SSSR count). The van der Waals surface area contributed by atoms with Gasteiger partial charge >= 0.3 is 0 Å². The first-order chi connectivity index (χ1) is 14.5. The smallest absolute Gasteiger partial charge is 0.270 e. The summed E-state index contributed by atoms with van der Waals surface area (Å²) < 4.78 is 93.7. The Morgan fingerprint density at radius 2 is 1.55 bits per heavy atom. The van der Waals surface area contributed by atoms with Crippen molar-refractivity contribution in [1.82, 2.24) is 4.31 Å². The van der Waals surface area contributed by atoms with E-state index in [0.29, 0.717) is 0 Å². The first kappa shape index (κ1) is 24.1. The molecule has 0 aliphatic rings. The van der Waals surface area contributed by atoms with Gasteiger partial charge in [0, 0.05) is 25.2 Å². The fraction of sp³-hybridized carbons (Fsp3) is 0.235. The van der Waals surface area contributed by atoms with E-state index in [1.165, 1.54) is 13.8 Å². The summed E-state index contributed by atoms with van der Waals surface area (Å²) in [6, 6.07) is 2.67. The van der Waals surface area contributed by atoms with E-state index in [9.17, 15) is 40.5 Å². The van der Waals surface area contributed by atoms with Crippen molar-refractivity contribution in [2.75, 3.05) is 18.5 Å². The van der Waals surface area contributed by atoms with E-state index in [-0.39, 0.29) is 25.0 Å². The Kier molecular flexibility index (Phi) is 7.28. The first-order valence-electron chi connectivity index (χ1n) is 8.56. The summed E-state index contributed by atoms with van der Waals surface area (Å²) in [5.41, 5.74) is -0.125. The van der Waals surface area contributed by atoms with Crippen LogP contribution in [-0.2, 0) is 10.0 Å². The van der Waals surface area contributed by atoms with Crippen LogP contribution < -0.4 is 5.43 Å². The number of benzene rings is 2. The van der Waals surface area contributed by atoms with Crippen molar-refractivity contribution >= 4 is 27.6 Å². The van der Waals surface area contributed by atoms with Crippen molar-refractivity contribution < 1.29 is 35.3 Å². The largest absolute Gasteiger partial charge is 0.277 e. The van der Waals surface area contributed by atoms with Gasteiger partial charge in [-0.25, -0.2) is 30.4 Å². The maximum absolute atomic E-state index is 13.7.